The van der Waals surface area contributed by atoms with Crippen LogP contribution in [0.25, 0.3) is 0 Å². The maximum absolute atomic E-state index is 6.17. The topological polar surface area (TPSA) is 77.4 Å². The van der Waals surface area contributed by atoms with Crippen molar-refractivity contribution in [3.63, 3.8) is 0 Å². The lowest BCUT2D eigenvalue weighted by Crippen LogP contribution is -2.32. The summed E-state index contributed by atoms with van der Waals surface area (Å²) in [6, 6.07) is -0.199. The third kappa shape index (κ3) is 3.37. The third-order valence-electron chi connectivity index (χ3n) is 4.07. The molecule has 114 valence electrons. The summed E-state index contributed by atoms with van der Waals surface area (Å²) < 4.78 is 11.1. The maximum Gasteiger partial charge on any atom is 0.232 e. The Balaban J connectivity index is 2.01. The van der Waals surface area contributed by atoms with Gasteiger partial charge in [0.2, 0.25) is 5.89 Å². The monoisotopic (exact) mass is 282 g/mol. The van der Waals surface area contributed by atoms with Gasteiger partial charge in [0.25, 0.3) is 0 Å². The van der Waals surface area contributed by atoms with Crippen molar-refractivity contribution in [2.45, 2.75) is 51.7 Å². The second-order valence-electron chi connectivity index (χ2n) is 5.30. The van der Waals surface area contributed by atoms with E-state index in [-0.39, 0.29) is 18.1 Å². The Morgan fingerprint density at radius 3 is 2.75 bits per heavy atom. The van der Waals surface area contributed by atoms with Crippen molar-refractivity contribution in [2.75, 3.05) is 26.2 Å². The normalized spacial score (nSPS) is 24.4. The lowest BCUT2D eigenvalue weighted by atomic mass is 10.00. The van der Waals surface area contributed by atoms with Gasteiger partial charge < -0.3 is 19.9 Å². The van der Waals surface area contributed by atoms with Crippen LogP contribution in [0.5, 0.6) is 0 Å². The zero-order valence-corrected chi connectivity index (χ0v) is 12.7. The molecule has 1 aromatic rings. The van der Waals surface area contributed by atoms with E-state index < -0.39 is 0 Å². The predicted molar refractivity (Wildman–Crippen MR) is 76.4 cm³/mol. The highest BCUT2D eigenvalue weighted by Gasteiger charge is 2.33. The van der Waals surface area contributed by atoms with Gasteiger partial charge in [0.15, 0.2) is 5.82 Å². The lowest BCUT2D eigenvalue weighted by Gasteiger charge is -2.20. The van der Waals surface area contributed by atoms with Gasteiger partial charge in [-0.15, -0.1) is 0 Å². The van der Waals surface area contributed by atoms with Gasteiger partial charge in [-0.2, -0.15) is 4.98 Å². The van der Waals surface area contributed by atoms with Crippen LogP contribution in [0, 0.1) is 0 Å². The summed E-state index contributed by atoms with van der Waals surface area (Å²) in [4.78, 5) is 6.76. The van der Waals surface area contributed by atoms with E-state index in [0.717, 1.165) is 39.1 Å². The Kier molecular flexibility index (Phi) is 5.51. The number of rotatable bonds is 7. The minimum absolute atomic E-state index is 0.197. The number of nitrogens with zero attached hydrogens (tertiary/aromatic N) is 3. The summed E-state index contributed by atoms with van der Waals surface area (Å²) in [6.07, 6.45) is 2.11. The van der Waals surface area contributed by atoms with Gasteiger partial charge in [0.1, 0.15) is 0 Å². The van der Waals surface area contributed by atoms with Gasteiger partial charge in [0.05, 0.1) is 18.1 Å². The van der Waals surface area contributed by atoms with E-state index in [4.69, 9.17) is 15.0 Å². The van der Waals surface area contributed by atoms with E-state index in [1.165, 1.54) is 0 Å². The molecule has 2 rings (SSSR count). The molecule has 1 aliphatic heterocycles. The first-order chi connectivity index (χ1) is 9.69. The molecule has 0 radical (unpaired) electrons. The van der Waals surface area contributed by atoms with Crippen LogP contribution in [-0.2, 0) is 4.74 Å². The first-order valence-electron chi connectivity index (χ1n) is 7.62. The van der Waals surface area contributed by atoms with Crippen molar-refractivity contribution in [3.05, 3.63) is 11.7 Å². The highest BCUT2D eigenvalue weighted by molar-refractivity contribution is 5.02. The first kappa shape index (κ1) is 15.4. The molecule has 0 saturated carbocycles. The molecule has 1 saturated heterocycles. The van der Waals surface area contributed by atoms with Crippen LogP contribution in [0.3, 0.4) is 0 Å². The Hall–Kier alpha value is -0.980. The molecule has 20 heavy (non-hydrogen) atoms. The van der Waals surface area contributed by atoms with E-state index >= 15 is 0 Å². The highest BCUT2D eigenvalue weighted by Crippen LogP contribution is 2.32. The van der Waals surface area contributed by atoms with E-state index in [1.807, 2.05) is 0 Å². The van der Waals surface area contributed by atoms with E-state index in [1.54, 1.807) is 0 Å². The van der Waals surface area contributed by atoms with Crippen molar-refractivity contribution in [3.8, 4) is 0 Å². The van der Waals surface area contributed by atoms with Crippen LogP contribution in [-0.4, -0.2) is 47.4 Å². The molecule has 3 unspecified atom stereocenters. The quantitative estimate of drug-likeness (QED) is 0.820. The van der Waals surface area contributed by atoms with Crippen LogP contribution in [0.4, 0.5) is 0 Å². The molecular weight excluding hydrogens is 256 g/mol. The van der Waals surface area contributed by atoms with Gasteiger partial charge >= 0.3 is 0 Å². The molecule has 6 heteroatoms. The minimum Gasteiger partial charge on any atom is -0.377 e. The third-order valence-corrected chi connectivity index (χ3v) is 4.07. The summed E-state index contributed by atoms with van der Waals surface area (Å²) >= 11 is 0. The molecule has 0 bridgehead atoms. The van der Waals surface area contributed by atoms with Crippen LogP contribution in [0.2, 0.25) is 0 Å². The number of likely N-dealkylation sites (N-methyl/N-ethyl adjacent to an activating group) is 1. The number of aromatic nitrogens is 2. The number of hydrogen-bond donors (Lipinski definition) is 1. The van der Waals surface area contributed by atoms with Gasteiger partial charge in [-0.1, -0.05) is 25.9 Å². The maximum atomic E-state index is 6.17. The van der Waals surface area contributed by atoms with Gasteiger partial charge in [-0.3, -0.25) is 0 Å². The van der Waals surface area contributed by atoms with E-state index in [9.17, 15) is 0 Å². The van der Waals surface area contributed by atoms with Crippen LogP contribution >= 0.6 is 0 Å². The zero-order valence-electron chi connectivity index (χ0n) is 12.7. The summed E-state index contributed by atoms with van der Waals surface area (Å²) in [6.45, 7) is 9.84. The average molecular weight is 282 g/mol. The molecule has 6 nitrogen and oxygen atoms in total. The molecule has 0 aromatic carbocycles. The molecule has 2 heterocycles. The van der Waals surface area contributed by atoms with Crippen LogP contribution < -0.4 is 5.73 Å². The predicted octanol–water partition coefficient (Wildman–Crippen LogP) is 1.69. The van der Waals surface area contributed by atoms with E-state index in [0.29, 0.717) is 11.7 Å². The van der Waals surface area contributed by atoms with Crippen LogP contribution in [0.1, 0.15) is 57.3 Å². The summed E-state index contributed by atoms with van der Waals surface area (Å²) in [5.41, 5.74) is 6.17. The van der Waals surface area contributed by atoms with Crippen molar-refractivity contribution in [1.82, 2.24) is 15.0 Å². The smallest absolute Gasteiger partial charge is 0.232 e. The fourth-order valence-electron chi connectivity index (χ4n) is 2.72. The second-order valence-corrected chi connectivity index (χ2v) is 5.30. The molecule has 2 N–H and O–H groups in total. The standard InChI is InChI=1S/C14H26N4O2/c1-4-12-10(7-8-19-12)14-16-13(17-20-14)11(15)9-18(5-2)6-3/h10-12H,4-9,15H2,1-3H3. The van der Waals surface area contributed by atoms with Crippen molar-refractivity contribution >= 4 is 0 Å². The molecular formula is C14H26N4O2. The number of nitrogens with two attached hydrogens (primary N) is 1. The fraction of sp³-hybridized carbons (Fsp3) is 0.857. The van der Waals surface area contributed by atoms with Crippen molar-refractivity contribution < 1.29 is 9.26 Å². The first-order valence-corrected chi connectivity index (χ1v) is 7.62. The summed E-state index contributed by atoms with van der Waals surface area (Å²) in [5.74, 6) is 1.51. The van der Waals surface area contributed by atoms with Gasteiger partial charge in [-0.25, -0.2) is 0 Å². The molecule has 1 aliphatic rings. The summed E-state index contributed by atoms with van der Waals surface area (Å²) in [5, 5.41) is 4.06. The fourth-order valence-corrected chi connectivity index (χ4v) is 2.72. The number of ether oxygens (including phenoxy) is 1. The second kappa shape index (κ2) is 7.15. The molecule has 0 amide bonds. The largest absolute Gasteiger partial charge is 0.377 e. The van der Waals surface area contributed by atoms with Crippen molar-refractivity contribution in [1.29, 1.82) is 0 Å². The molecule has 1 aromatic heterocycles. The zero-order chi connectivity index (χ0) is 14.5. The Morgan fingerprint density at radius 1 is 1.35 bits per heavy atom. The molecule has 0 aliphatic carbocycles. The molecule has 0 spiro atoms. The van der Waals surface area contributed by atoms with E-state index in [2.05, 4.69) is 35.8 Å². The highest BCUT2D eigenvalue weighted by atomic mass is 16.5. The number of hydrogen-bond acceptors (Lipinski definition) is 6. The average Bonchev–Trinajstić information content (AvgIpc) is 3.11. The SMILES string of the molecule is CCC1OCCC1c1nc(C(N)CN(CC)CC)no1. The van der Waals surface area contributed by atoms with Crippen molar-refractivity contribution in [2.24, 2.45) is 5.73 Å². The summed E-state index contributed by atoms with van der Waals surface area (Å²) in [7, 11) is 0. The Morgan fingerprint density at radius 2 is 2.10 bits per heavy atom. The molecule has 1 fully saturated rings. The Labute approximate surface area is 120 Å². The van der Waals surface area contributed by atoms with Gasteiger partial charge in [0, 0.05) is 13.2 Å². The lowest BCUT2D eigenvalue weighted by molar-refractivity contribution is 0.0953. The van der Waals surface area contributed by atoms with Crippen LogP contribution in [0.15, 0.2) is 4.52 Å². The Bertz CT molecular complexity index is 406. The van der Waals surface area contributed by atoms with Gasteiger partial charge in [-0.05, 0) is 25.9 Å². The minimum atomic E-state index is -0.199. The molecule has 3 atom stereocenters.